The van der Waals surface area contributed by atoms with Crippen LogP contribution < -0.4 is 10.6 Å². The minimum Gasteiger partial charge on any atom is -0.388 e. The molecule has 0 saturated heterocycles. The van der Waals surface area contributed by atoms with Crippen LogP contribution in [0.25, 0.3) is 0 Å². The van der Waals surface area contributed by atoms with Crippen LogP contribution in [0.15, 0.2) is 24.3 Å². The quantitative estimate of drug-likeness (QED) is 0.781. The number of alkyl halides is 3. The first-order valence-electron chi connectivity index (χ1n) is 6.65. The maximum absolute atomic E-state index is 12.8. The maximum Gasteiger partial charge on any atom is 0.418 e. The van der Waals surface area contributed by atoms with E-state index in [0.29, 0.717) is 12.8 Å². The first kappa shape index (κ1) is 17.3. The van der Waals surface area contributed by atoms with Crippen molar-refractivity contribution in [3.63, 3.8) is 0 Å². The van der Waals surface area contributed by atoms with Crippen LogP contribution in [0.3, 0.4) is 0 Å². The smallest absolute Gasteiger partial charge is 0.388 e. The third-order valence-electron chi connectivity index (χ3n) is 3.37. The first-order valence-corrected chi connectivity index (χ1v) is 6.65. The van der Waals surface area contributed by atoms with Crippen molar-refractivity contribution in [1.29, 1.82) is 0 Å². The molecule has 21 heavy (non-hydrogen) atoms. The molecule has 0 radical (unpaired) electrons. The fourth-order valence-electron chi connectivity index (χ4n) is 1.75. The summed E-state index contributed by atoms with van der Waals surface area (Å²) in [5, 5.41) is 14.5. The Kier molecular flexibility index (Phi) is 5.60. The van der Waals surface area contributed by atoms with Crippen molar-refractivity contribution in [3.05, 3.63) is 29.8 Å². The second-order valence-electron chi connectivity index (χ2n) is 4.78. The molecule has 0 aromatic heterocycles. The van der Waals surface area contributed by atoms with Gasteiger partial charge in [-0.3, -0.25) is 0 Å². The van der Waals surface area contributed by atoms with Crippen LogP contribution in [0.2, 0.25) is 0 Å². The molecule has 0 aliphatic heterocycles. The molecule has 1 rings (SSSR count). The number of nitrogens with one attached hydrogen (secondary N) is 2. The average Bonchev–Trinajstić information content (AvgIpc) is 2.44. The number of aliphatic hydroxyl groups is 1. The molecule has 0 fully saturated rings. The van der Waals surface area contributed by atoms with Gasteiger partial charge in [-0.2, -0.15) is 13.2 Å². The predicted molar refractivity (Wildman–Crippen MR) is 74.0 cm³/mol. The van der Waals surface area contributed by atoms with Gasteiger partial charge < -0.3 is 15.7 Å². The monoisotopic (exact) mass is 304 g/mol. The number of hydrogen-bond acceptors (Lipinski definition) is 2. The summed E-state index contributed by atoms with van der Waals surface area (Å²) in [5.41, 5.74) is -2.29. The molecule has 3 N–H and O–H groups in total. The van der Waals surface area contributed by atoms with E-state index in [-0.39, 0.29) is 12.2 Å². The first-order chi connectivity index (χ1) is 9.72. The van der Waals surface area contributed by atoms with Gasteiger partial charge in [0.05, 0.1) is 16.9 Å². The Morgan fingerprint density at radius 2 is 1.76 bits per heavy atom. The normalized spacial score (nSPS) is 12.1. The van der Waals surface area contributed by atoms with E-state index in [1.165, 1.54) is 18.2 Å². The van der Waals surface area contributed by atoms with Crippen LogP contribution in [-0.4, -0.2) is 23.3 Å². The van der Waals surface area contributed by atoms with Crippen LogP contribution in [0.5, 0.6) is 0 Å². The molecule has 0 bridgehead atoms. The van der Waals surface area contributed by atoms with Gasteiger partial charge in [0.2, 0.25) is 0 Å². The molecular formula is C14H19F3N2O2. The largest absolute Gasteiger partial charge is 0.418 e. The third-order valence-corrected chi connectivity index (χ3v) is 3.37. The van der Waals surface area contributed by atoms with E-state index in [4.69, 9.17) is 0 Å². The summed E-state index contributed by atoms with van der Waals surface area (Å²) < 4.78 is 38.3. The summed E-state index contributed by atoms with van der Waals surface area (Å²) in [4.78, 5) is 11.7. The van der Waals surface area contributed by atoms with Crippen molar-refractivity contribution in [3.8, 4) is 0 Å². The van der Waals surface area contributed by atoms with Gasteiger partial charge in [-0.25, -0.2) is 4.79 Å². The number of carbonyl (C=O) groups is 1. The number of anilines is 1. The lowest BCUT2D eigenvalue weighted by molar-refractivity contribution is -0.136. The predicted octanol–water partition coefficient (Wildman–Crippen LogP) is 3.38. The molecule has 1 aromatic rings. The zero-order valence-electron chi connectivity index (χ0n) is 11.9. The lowest BCUT2D eigenvalue weighted by atomic mass is 9.98. The van der Waals surface area contributed by atoms with Crippen LogP contribution in [-0.2, 0) is 6.18 Å². The van der Waals surface area contributed by atoms with Crippen molar-refractivity contribution in [1.82, 2.24) is 5.32 Å². The molecule has 0 atom stereocenters. The van der Waals surface area contributed by atoms with Gasteiger partial charge in [-0.1, -0.05) is 26.0 Å². The van der Waals surface area contributed by atoms with E-state index in [9.17, 15) is 23.1 Å². The van der Waals surface area contributed by atoms with Gasteiger partial charge in [-0.15, -0.1) is 0 Å². The van der Waals surface area contributed by atoms with Crippen molar-refractivity contribution in [2.75, 3.05) is 11.9 Å². The molecular weight excluding hydrogens is 285 g/mol. The van der Waals surface area contributed by atoms with Crippen molar-refractivity contribution in [2.45, 2.75) is 38.5 Å². The van der Waals surface area contributed by atoms with Gasteiger partial charge in [0.1, 0.15) is 0 Å². The van der Waals surface area contributed by atoms with Crippen LogP contribution in [0, 0.1) is 0 Å². The van der Waals surface area contributed by atoms with E-state index in [1.807, 2.05) is 0 Å². The Morgan fingerprint density at radius 1 is 1.19 bits per heavy atom. The van der Waals surface area contributed by atoms with Gasteiger partial charge in [0, 0.05) is 6.54 Å². The zero-order chi connectivity index (χ0) is 16.1. The zero-order valence-corrected chi connectivity index (χ0v) is 11.9. The summed E-state index contributed by atoms with van der Waals surface area (Å²) >= 11 is 0. The lowest BCUT2D eigenvalue weighted by Crippen LogP contribution is -2.43. The van der Waals surface area contributed by atoms with E-state index < -0.39 is 23.4 Å². The second-order valence-corrected chi connectivity index (χ2v) is 4.78. The van der Waals surface area contributed by atoms with E-state index in [0.717, 1.165) is 6.07 Å². The van der Waals surface area contributed by atoms with Crippen molar-refractivity contribution in [2.24, 2.45) is 0 Å². The summed E-state index contributed by atoms with van der Waals surface area (Å²) in [7, 11) is 0. The second kappa shape index (κ2) is 6.80. The van der Waals surface area contributed by atoms with Gasteiger partial charge in [0.25, 0.3) is 0 Å². The highest BCUT2D eigenvalue weighted by Gasteiger charge is 2.33. The summed E-state index contributed by atoms with van der Waals surface area (Å²) in [6.07, 6.45) is -3.68. The molecule has 0 heterocycles. The van der Waals surface area contributed by atoms with Gasteiger partial charge in [0.15, 0.2) is 0 Å². The number of halogens is 3. The Bertz CT molecular complexity index is 485. The number of para-hydroxylation sites is 1. The van der Waals surface area contributed by atoms with Crippen LogP contribution in [0.1, 0.15) is 32.3 Å². The fraction of sp³-hybridized carbons (Fsp3) is 0.500. The van der Waals surface area contributed by atoms with Gasteiger partial charge >= 0.3 is 12.2 Å². The minimum absolute atomic E-state index is 0.0278. The third kappa shape index (κ3) is 4.93. The molecule has 7 heteroatoms. The lowest BCUT2D eigenvalue weighted by Gasteiger charge is -2.25. The Labute approximate surface area is 121 Å². The molecule has 0 aliphatic rings. The average molecular weight is 304 g/mol. The SMILES string of the molecule is CCC(O)(CC)CNC(=O)Nc1ccccc1C(F)(F)F. The molecule has 0 aliphatic carbocycles. The number of carbonyl (C=O) groups excluding carboxylic acids is 1. The van der Waals surface area contributed by atoms with Crippen molar-refractivity contribution >= 4 is 11.7 Å². The Morgan fingerprint density at radius 3 is 2.29 bits per heavy atom. The van der Waals surface area contributed by atoms with Crippen LogP contribution in [0.4, 0.5) is 23.7 Å². The van der Waals surface area contributed by atoms with Crippen molar-refractivity contribution < 1.29 is 23.1 Å². The van der Waals surface area contributed by atoms with Crippen LogP contribution >= 0.6 is 0 Å². The number of rotatable bonds is 5. The topological polar surface area (TPSA) is 61.4 Å². The fourth-order valence-corrected chi connectivity index (χ4v) is 1.75. The number of hydrogen-bond donors (Lipinski definition) is 3. The Hall–Kier alpha value is -1.76. The minimum atomic E-state index is -4.54. The Balaban J connectivity index is 2.72. The van der Waals surface area contributed by atoms with E-state index >= 15 is 0 Å². The molecule has 1 aromatic carbocycles. The van der Waals surface area contributed by atoms with E-state index in [1.54, 1.807) is 13.8 Å². The molecule has 118 valence electrons. The molecule has 0 spiro atoms. The highest BCUT2D eigenvalue weighted by Crippen LogP contribution is 2.34. The standard InChI is InChI=1S/C14H19F3N2O2/c1-3-13(21,4-2)9-18-12(20)19-11-8-6-5-7-10(11)14(15,16)17/h5-8,21H,3-4,9H2,1-2H3,(H2,18,19,20). The summed E-state index contributed by atoms with van der Waals surface area (Å²) in [6.45, 7) is 3.50. The maximum atomic E-state index is 12.8. The van der Waals surface area contributed by atoms with Gasteiger partial charge in [-0.05, 0) is 25.0 Å². The molecule has 0 unspecified atom stereocenters. The highest BCUT2D eigenvalue weighted by atomic mass is 19.4. The number of urea groups is 1. The molecule has 0 saturated carbocycles. The number of amides is 2. The molecule has 2 amide bonds. The summed E-state index contributed by atoms with van der Waals surface area (Å²) in [5.74, 6) is 0. The van der Waals surface area contributed by atoms with E-state index in [2.05, 4.69) is 10.6 Å². The number of benzene rings is 1. The molecule has 4 nitrogen and oxygen atoms in total. The highest BCUT2D eigenvalue weighted by molar-refractivity contribution is 5.90. The summed E-state index contributed by atoms with van der Waals surface area (Å²) in [6, 6.07) is 3.93.